The summed E-state index contributed by atoms with van der Waals surface area (Å²) < 4.78 is 4.96. The zero-order valence-corrected chi connectivity index (χ0v) is 18.8. The van der Waals surface area contributed by atoms with Gasteiger partial charge in [-0.15, -0.1) is 11.3 Å². The molecule has 9 heteroatoms. The number of imidazole rings is 1. The van der Waals surface area contributed by atoms with Crippen molar-refractivity contribution in [1.82, 2.24) is 19.1 Å². The Morgan fingerprint density at radius 1 is 1.10 bits per heavy atom. The molecule has 3 aromatic heterocycles. The molecular formula is C21H14Cl2N4OS2. The molecule has 0 aliphatic heterocycles. The molecule has 0 saturated carbocycles. The molecule has 0 bridgehead atoms. The van der Waals surface area contributed by atoms with Crippen LogP contribution in [-0.2, 0) is 12.8 Å². The van der Waals surface area contributed by atoms with E-state index in [0.29, 0.717) is 32.1 Å². The normalized spacial score (nSPS) is 11.6. The second-order valence-electron chi connectivity index (χ2n) is 6.73. The average Bonchev–Trinajstić information content (AvgIpc) is 3.31. The highest BCUT2D eigenvalue weighted by atomic mass is 35.5. The number of thiophene rings is 1. The molecule has 5 nitrogen and oxygen atoms in total. The highest BCUT2D eigenvalue weighted by molar-refractivity contribution is 7.98. The smallest absolute Gasteiger partial charge is 0.301 e. The standard InChI is InChI=1S/C21H14Cl2N4OS2/c1-26-11-24-18-19(28)25-21(27(20(18)26)15-5-2-13(22)3-6-15)30-10-12-9-29-17-7-4-14(23)8-16(12)17/h2-9,11H,10H2,1H3. The van der Waals surface area contributed by atoms with Gasteiger partial charge in [0.05, 0.1) is 6.33 Å². The lowest BCUT2D eigenvalue weighted by molar-refractivity contribution is 0.806. The maximum Gasteiger partial charge on any atom is 0.301 e. The van der Waals surface area contributed by atoms with Crippen molar-refractivity contribution in [1.29, 1.82) is 0 Å². The van der Waals surface area contributed by atoms with E-state index in [1.165, 1.54) is 16.5 Å². The molecule has 0 aliphatic rings. The molecule has 0 radical (unpaired) electrons. The van der Waals surface area contributed by atoms with Gasteiger partial charge in [0.15, 0.2) is 16.3 Å². The first-order chi connectivity index (χ1) is 14.5. The van der Waals surface area contributed by atoms with Crippen molar-refractivity contribution >= 4 is 67.6 Å². The van der Waals surface area contributed by atoms with Gasteiger partial charge in [-0.05, 0) is 58.8 Å². The van der Waals surface area contributed by atoms with E-state index in [0.717, 1.165) is 16.6 Å². The van der Waals surface area contributed by atoms with Crippen molar-refractivity contribution in [2.24, 2.45) is 7.05 Å². The fourth-order valence-corrected chi connectivity index (χ4v) is 5.69. The highest BCUT2D eigenvalue weighted by Gasteiger charge is 2.17. The maximum atomic E-state index is 12.6. The Hall–Kier alpha value is -2.32. The van der Waals surface area contributed by atoms with E-state index in [4.69, 9.17) is 23.2 Å². The summed E-state index contributed by atoms with van der Waals surface area (Å²) in [6, 6.07) is 13.4. The van der Waals surface area contributed by atoms with Crippen LogP contribution in [0.3, 0.4) is 0 Å². The summed E-state index contributed by atoms with van der Waals surface area (Å²) in [6.07, 6.45) is 1.63. The first kappa shape index (κ1) is 19.6. The summed E-state index contributed by atoms with van der Waals surface area (Å²) in [7, 11) is 1.87. The molecule has 0 amide bonds. The van der Waals surface area contributed by atoms with E-state index in [9.17, 15) is 4.79 Å². The zero-order valence-electron chi connectivity index (χ0n) is 15.7. The Kier molecular flexibility index (Phi) is 5.06. The van der Waals surface area contributed by atoms with Crippen LogP contribution in [0.25, 0.3) is 26.9 Å². The molecule has 0 atom stereocenters. The number of hydrogen-bond donors (Lipinski definition) is 0. The number of hydrogen-bond acceptors (Lipinski definition) is 5. The lowest BCUT2D eigenvalue weighted by atomic mass is 10.2. The third kappa shape index (κ3) is 3.41. The van der Waals surface area contributed by atoms with Gasteiger partial charge in [0, 0.05) is 33.2 Å². The molecule has 3 heterocycles. The quantitative estimate of drug-likeness (QED) is 0.240. The first-order valence-electron chi connectivity index (χ1n) is 9.00. The molecule has 0 saturated heterocycles. The van der Waals surface area contributed by atoms with Gasteiger partial charge in [-0.3, -0.25) is 9.36 Å². The van der Waals surface area contributed by atoms with Gasteiger partial charge in [0.1, 0.15) is 0 Å². The fraction of sp³-hybridized carbons (Fsp3) is 0.0952. The maximum absolute atomic E-state index is 12.6. The molecule has 0 fully saturated rings. The van der Waals surface area contributed by atoms with Crippen LogP contribution in [0.2, 0.25) is 10.0 Å². The minimum Gasteiger partial charge on any atom is -0.319 e. The summed E-state index contributed by atoms with van der Waals surface area (Å²) in [5, 5.41) is 5.20. The van der Waals surface area contributed by atoms with E-state index >= 15 is 0 Å². The van der Waals surface area contributed by atoms with Crippen LogP contribution < -0.4 is 5.56 Å². The predicted molar refractivity (Wildman–Crippen MR) is 126 cm³/mol. The number of rotatable bonds is 4. The van der Waals surface area contributed by atoms with Crippen molar-refractivity contribution in [3.8, 4) is 5.69 Å². The number of fused-ring (bicyclic) bond motifs is 2. The molecule has 2 aromatic carbocycles. The molecule has 30 heavy (non-hydrogen) atoms. The SMILES string of the molecule is Cn1cnc2c(=O)nc(SCc3csc4ccc(Cl)cc34)n(-c3ccc(Cl)cc3)c21. The second-order valence-corrected chi connectivity index (χ2v) is 9.46. The molecule has 0 spiro atoms. The van der Waals surface area contributed by atoms with E-state index < -0.39 is 0 Å². The summed E-state index contributed by atoms with van der Waals surface area (Å²) in [5.74, 6) is 0.656. The molecule has 5 rings (SSSR count). The van der Waals surface area contributed by atoms with Crippen molar-refractivity contribution in [2.45, 2.75) is 10.9 Å². The Morgan fingerprint density at radius 3 is 2.67 bits per heavy atom. The average molecular weight is 473 g/mol. The number of aryl methyl sites for hydroxylation is 1. The van der Waals surface area contributed by atoms with Crippen LogP contribution in [-0.4, -0.2) is 19.1 Å². The summed E-state index contributed by atoms with van der Waals surface area (Å²) in [6.45, 7) is 0. The lowest BCUT2D eigenvalue weighted by Gasteiger charge is -2.14. The number of thioether (sulfide) groups is 1. The van der Waals surface area contributed by atoms with Crippen LogP contribution in [0.5, 0.6) is 0 Å². The van der Waals surface area contributed by atoms with Gasteiger partial charge < -0.3 is 4.57 Å². The van der Waals surface area contributed by atoms with E-state index in [1.54, 1.807) is 17.7 Å². The monoisotopic (exact) mass is 472 g/mol. The minimum absolute atomic E-state index is 0.337. The van der Waals surface area contributed by atoms with Crippen LogP contribution in [0.1, 0.15) is 5.56 Å². The predicted octanol–water partition coefficient (Wildman–Crippen LogP) is 5.93. The number of aromatic nitrogens is 4. The van der Waals surface area contributed by atoms with Gasteiger partial charge in [-0.2, -0.15) is 4.98 Å². The van der Waals surface area contributed by atoms with Gasteiger partial charge in [-0.1, -0.05) is 35.0 Å². The Bertz CT molecular complexity index is 1450. The zero-order chi connectivity index (χ0) is 20.8. The third-order valence-corrected chi connectivity index (χ3v) is 7.25. The van der Waals surface area contributed by atoms with Crippen LogP contribution in [0.15, 0.2) is 64.1 Å². The number of benzene rings is 2. The Labute approximate surface area is 189 Å². The second kappa shape index (κ2) is 7.74. The molecular weight excluding hydrogens is 459 g/mol. The van der Waals surface area contributed by atoms with Crippen molar-refractivity contribution in [2.75, 3.05) is 0 Å². The molecule has 150 valence electrons. The van der Waals surface area contributed by atoms with Gasteiger partial charge in [0.2, 0.25) is 0 Å². The largest absolute Gasteiger partial charge is 0.319 e. The van der Waals surface area contributed by atoms with Crippen LogP contribution in [0.4, 0.5) is 0 Å². The molecule has 5 aromatic rings. The number of halogens is 2. The van der Waals surface area contributed by atoms with Crippen molar-refractivity contribution < 1.29 is 0 Å². The Balaban J connectivity index is 1.63. The van der Waals surface area contributed by atoms with Gasteiger partial charge in [-0.25, -0.2) is 4.98 Å². The molecule has 0 unspecified atom stereocenters. The first-order valence-corrected chi connectivity index (χ1v) is 11.6. The van der Waals surface area contributed by atoms with Crippen molar-refractivity contribution in [3.05, 3.63) is 80.1 Å². The van der Waals surface area contributed by atoms with Gasteiger partial charge in [0.25, 0.3) is 0 Å². The van der Waals surface area contributed by atoms with Gasteiger partial charge >= 0.3 is 5.56 Å². The highest BCUT2D eigenvalue weighted by Crippen LogP contribution is 2.33. The van der Waals surface area contributed by atoms with Crippen molar-refractivity contribution in [3.63, 3.8) is 0 Å². The lowest BCUT2D eigenvalue weighted by Crippen LogP contribution is -2.16. The topological polar surface area (TPSA) is 52.7 Å². The molecule has 0 aliphatic carbocycles. The van der Waals surface area contributed by atoms with E-state index in [2.05, 4.69) is 15.3 Å². The Morgan fingerprint density at radius 2 is 1.87 bits per heavy atom. The molecule has 0 N–H and O–H groups in total. The van der Waals surface area contributed by atoms with E-state index in [1.807, 2.05) is 58.6 Å². The third-order valence-electron chi connectivity index (χ3n) is 4.77. The summed E-state index contributed by atoms with van der Waals surface area (Å²) in [4.78, 5) is 21.2. The van der Waals surface area contributed by atoms with Crippen LogP contribution >= 0.6 is 46.3 Å². The fourth-order valence-electron chi connectivity index (χ4n) is 3.35. The summed E-state index contributed by atoms with van der Waals surface area (Å²) >= 11 is 15.5. The number of nitrogens with zero attached hydrogens (tertiary/aromatic N) is 4. The summed E-state index contributed by atoms with van der Waals surface area (Å²) in [5.41, 5.74) is 2.71. The minimum atomic E-state index is -0.337. The van der Waals surface area contributed by atoms with Crippen LogP contribution in [0, 0.1) is 0 Å². The van der Waals surface area contributed by atoms with E-state index in [-0.39, 0.29) is 5.56 Å².